The summed E-state index contributed by atoms with van der Waals surface area (Å²) in [5.41, 5.74) is 4.96. The molecular weight excluding hydrogens is 256 g/mol. The van der Waals surface area contributed by atoms with E-state index in [0.29, 0.717) is 11.8 Å². The zero-order valence-corrected chi connectivity index (χ0v) is 13.1. The summed E-state index contributed by atoms with van der Waals surface area (Å²) in [5.74, 6) is 0.650. The van der Waals surface area contributed by atoms with Crippen LogP contribution in [-0.4, -0.2) is 12.0 Å². The molecule has 0 saturated heterocycles. The molecule has 0 saturated carbocycles. The summed E-state index contributed by atoms with van der Waals surface area (Å²) in [6.45, 7) is 8.84. The molecule has 2 rings (SSSR count). The Morgan fingerprint density at radius 2 is 2.00 bits per heavy atom. The number of para-hydroxylation sites is 1. The Balaban J connectivity index is 2.29. The Morgan fingerprint density at radius 3 is 2.62 bits per heavy atom. The van der Waals surface area contributed by atoms with Crippen molar-refractivity contribution in [1.29, 1.82) is 0 Å². The monoisotopic (exact) mass is 280 g/mol. The van der Waals surface area contributed by atoms with Crippen molar-refractivity contribution in [3.8, 4) is 0 Å². The highest BCUT2D eigenvalue weighted by Gasteiger charge is 2.21. The minimum Gasteiger partial charge on any atom is -0.388 e. The second kappa shape index (κ2) is 7.07. The van der Waals surface area contributed by atoms with E-state index in [-0.39, 0.29) is 0 Å². The highest BCUT2D eigenvalue weighted by molar-refractivity contribution is 5.54. The number of hydrogen-bond acceptors (Lipinski definition) is 2. The van der Waals surface area contributed by atoms with Gasteiger partial charge >= 0.3 is 0 Å². The molecule has 0 fully saturated rings. The fourth-order valence-electron chi connectivity index (χ4n) is 2.90. The molecule has 0 amide bonds. The van der Waals surface area contributed by atoms with E-state index < -0.39 is 0 Å². The number of allylic oxidation sites excluding steroid dienone is 1. The van der Waals surface area contributed by atoms with Gasteiger partial charge in [-0.05, 0) is 29.7 Å². The predicted octanol–water partition coefficient (Wildman–Crippen LogP) is 4.98. The molecule has 0 spiro atoms. The normalized spacial score (nSPS) is 13.5. The van der Waals surface area contributed by atoms with Gasteiger partial charge in [-0.3, -0.25) is 4.98 Å². The van der Waals surface area contributed by atoms with E-state index in [1.54, 1.807) is 0 Å². The van der Waals surface area contributed by atoms with E-state index in [1.165, 1.54) is 22.4 Å². The van der Waals surface area contributed by atoms with Gasteiger partial charge in [0.05, 0.1) is 0 Å². The molecule has 0 aliphatic rings. The second-order valence-corrected chi connectivity index (χ2v) is 5.38. The molecule has 2 heteroatoms. The van der Waals surface area contributed by atoms with Crippen molar-refractivity contribution in [3.05, 3.63) is 72.1 Å². The highest BCUT2D eigenvalue weighted by Crippen LogP contribution is 2.38. The van der Waals surface area contributed by atoms with Crippen LogP contribution in [0.1, 0.15) is 43.2 Å². The van der Waals surface area contributed by atoms with Gasteiger partial charge < -0.3 is 5.32 Å². The lowest BCUT2D eigenvalue weighted by Gasteiger charge is -2.25. The maximum atomic E-state index is 4.40. The number of benzene rings is 1. The molecule has 1 heterocycles. The molecule has 1 aromatic carbocycles. The number of nitrogens with zero attached hydrogens (tertiary/aromatic N) is 1. The van der Waals surface area contributed by atoms with Crippen LogP contribution < -0.4 is 5.32 Å². The van der Waals surface area contributed by atoms with Crippen molar-refractivity contribution in [3.63, 3.8) is 0 Å². The number of anilines is 1. The number of hydrogen-bond donors (Lipinski definition) is 1. The molecule has 0 aliphatic carbocycles. The van der Waals surface area contributed by atoms with E-state index in [0.717, 1.165) is 6.42 Å². The van der Waals surface area contributed by atoms with Crippen molar-refractivity contribution in [2.75, 3.05) is 12.4 Å². The molecule has 0 bridgehead atoms. The zero-order chi connectivity index (χ0) is 15.2. The Labute approximate surface area is 127 Å². The summed E-state index contributed by atoms with van der Waals surface area (Å²) in [6, 6.07) is 12.6. The summed E-state index contributed by atoms with van der Waals surface area (Å²) in [7, 11) is 1.97. The molecule has 2 unspecified atom stereocenters. The van der Waals surface area contributed by atoms with E-state index in [2.05, 4.69) is 61.1 Å². The third-order valence-electron chi connectivity index (χ3n) is 4.20. The average molecular weight is 280 g/mol. The summed E-state index contributed by atoms with van der Waals surface area (Å²) >= 11 is 0. The summed E-state index contributed by atoms with van der Waals surface area (Å²) in [6.07, 6.45) is 4.81. The molecule has 2 aromatic rings. The molecule has 110 valence electrons. The fourth-order valence-corrected chi connectivity index (χ4v) is 2.90. The summed E-state index contributed by atoms with van der Waals surface area (Å²) in [4.78, 5) is 4.25. The van der Waals surface area contributed by atoms with Crippen molar-refractivity contribution >= 4 is 5.69 Å². The predicted molar refractivity (Wildman–Crippen MR) is 90.8 cm³/mol. The van der Waals surface area contributed by atoms with Crippen LogP contribution in [0.25, 0.3) is 0 Å². The third-order valence-corrected chi connectivity index (χ3v) is 4.20. The zero-order valence-electron chi connectivity index (χ0n) is 13.1. The minimum absolute atomic E-state index is 0.304. The summed E-state index contributed by atoms with van der Waals surface area (Å²) < 4.78 is 0. The van der Waals surface area contributed by atoms with Gasteiger partial charge in [0.25, 0.3) is 0 Å². The fraction of sp³-hybridized carbons (Fsp3) is 0.316. The van der Waals surface area contributed by atoms with Crippen LogP contribution in [0.3, 0.4) is 0 Å². The molecule has 0 aliphatic heterocycles. The largest absolute Gasteiger partial charge is 0.388 e. The van der Waals surface area contributed by atoms with Crippen molar-refractivity contribution in [2.45, 2.75) is 32.1 Å². The van der Waals surface area contributed by atoms with Gasteiger partial charge in [0.2, 0.25) is 0 Å². The first-order valence-electron chi connectivity index (χ1n) is 7.54. The first-order valence-corrected chi connectivity index (χ1v) is 7.54. The average Bonchev–Trinajstić information content (AvgIpc) is 2.55. The maximum absolute atomic E-state index is 4.40. The van der Waals surface area contributed by atoms with Crippen LogP contribution in [0.4, 0.5) is 5.69 Å². The third kappa shape index (κ3) is 3.33. The van der Waals surface area contributed by atoms with E-state index in [1.807, 2.05) is 25.5 Å². The maximum Gasteiger partial charge on any atom is 0.0376 e. The van der Waals surface area contributed by atoms with Gasteiger partial charge in [-0.15, -0.1) is 0 Å². The van der Waals surface area contributed by atoms with Crippen LogP contribution in [0.2, 0.25) is 0 Å². The number of pyridine rings is 1. The standard InChI is InChI=1S/C19H24N2/c1-5-17(16-9-8-12-21-13-16)14(2)15(3)18-10-6-7-11-19(18)20-4/h6-13,15,17,20H,2,5H2,1,3-4H3. The van der Waals surface area contributed by atoms with Gasteiger partial charge in [0.15, 0.2) is 0 Å². The van der Waals surface area contributed by atoms with E-state index in [9.17, 15) is 0 Å². The summed E-state index contributed by atoms with van der Waals surface area (Å²) in [5, 5.41) is 3.27. The number of aromatic nitrogens is 1. The Bertz CT molecular complexity index is 590. The molecule has 2 atom stereocenters. The number of nitrogens with one attached hydrogen (secondary N) is 1. The lowest BCUT2D eigenvalue weighted by atomic mass is 9.80. The van der Waals surface area contributed by atoms with Crippen molar-refractivity contribution < 1.29 is 0 Å². The first-order chi connectivity index (χ1) is 10.2. The molecular formula is C19H24N2. The second-order valence-electron chi connectivity index (χ2n) is 5.38. The SMILES string of the molecule is C=C(C(C)c1ccccc1NC)C(CC)c1cccnc1. The van der Waals surface area contributed by atoms with E-state index in [4.69, 9.17) is 0 Å². The molecule has 2 nitrogen and oxygen atoms in total. The van der Waals surface area contributed by atoms with Crippen LogP contribution in [0.5, 0.6) is 0 Å². The molecule has 21 heavy (non-hydrogen) atoms. The Morgan fingerprint density at radius 1 is 1.24 bits per heavy atom. The van der Waals surface area contributed by atoms with Crippen LogP contribution in [-0.2, 0) is 0 Å². The number of rotatable bonds is 6. The minimum atomic E-state index is 0.304. The van der Waals surface area contributed by atoms with Gasteiger partial charge in [0, 0.05) is 37.0 Å². The smallest absolute Gasteiger partial charge is 0.0376 e. The quantitative estimate of drug-likeness (QED) is 0.755. The van der Waals surface area contributed by atoms with Gasteiger partial charge in [-0.2, -0.15) is 0 Å². The first kappa shape index (κ1) is 15.3. The molecule has 0 radical (unpaired) electrons. The van der Waals surface area contributed by atoms with Gasteiger partial charge in [0.1, 0.15) is 0 Å². The Kier molecular flexibility index (Phi) is 5.15. The van der Waals surface area contributed by atoms with Crippen LogP contribution in [0.15, 0.2) is 60.9 Å². The van der Waals surface area contributed by atoms with Crippen LogP contribution >= 0.6 is 0 Å². The van der Waals surface area contributed by atoms with Gasteiger partial charge in [-0.25, -0.2) is 0 Å². The van der Waals surface area contributed by atoms with Crippen LogP contribution in [0, 0.1) is 0 Å². The highest BCUT2D eigenvalue weighted by atomic mass is 14.8. The van der Waals surface area contributed by atoms with E-state index >= 15 is 0 Å². The van der Waals surface area contributed by atoms with Gasteiger partial charge in [-0.1, -0.05) is 50.3 Å². The molecule has 1 N–H and O–H groups in total. The van der Waals surface area contributed by atoms with Crippen molar-refractivity contribution in [2.24, 2.45) is 0 Å². The van der Waals surface area contributed by atoms with Crippen molar-refractivity contribution in [1.82, 2.24) is 4.98 Å². The lowest BCUT2D eigenvalue weighted by molar-refractivity contribution is 0.690. The molecule has 1 aromatic heterocycles. The topological polar surface area (TPSA) is 24.9 Å². The Hall–Kier alpha value is -2.09. The lowest BCUT2D eigenvalue weighted by Crippen LogP contribution is -2.09.